The first-order chi connectivity index (χ1) is 9.65. The number of carbonyl (C=O) groups is 1. The minimum atomic E-state index is -0.287. The molecule has 1 amide bonds. The summed E-state index contributed by atoms with van der Waals surface area (Å²) in [6.45, 7) is 2.71. The number of carbonyl (C=O) groups excluding carboxylic acids is 1. The van der Waals surface area contributed by atoms with Gasteiger partial charge in [0.15, 0.2) is 0 Å². The molecule has 1 aliphatic rings. The minimum Gasteiger partial charge on any atom is -0.376 e. The zero-order chi connectivity index (χ0) is 14.1. The quantitative estimate of drug-likeness (QED) is 0.942. The summed E-state index contributed by atoms with van der Waals surface area (Å²) < 4.78 is 20.0. The van der Waals surface area contributed by atoms with Gasteiger partial charge in [-0.3, -0.25) is 4.79 Å². The van der Waals surface area contributed by atoms with Gasteiger partial charge in [-0.15, -0.1) is 11.3 Å². The third-order valence-corrected chi connectivity index (χ3v) is 4.71. The Morgan fingerprint density at radius 3 is 3.10 bits per heavy atom. The van der Waals surface area contributed by atoms with E-state index >= 15 is 0 Å². The molecule has 2 heterocycles. The molecule has 0 radical (unpaired) electrons. The van der Waals surface area contributed by atoms with Gasteiger partial charge in [-0.1, -0.05) is 6.07 Å². The molecule has 2 atom stereocenters. The molecule has 1 aliphatic heterocycles. The number of amides is 1. The third-order valence-electron chi connectivity index (χ3n) is 3.61. The van der Waals surface area contributed by atoms with Crippen molar-refractivity contribution in [2.24, 2.45) is 0 Å². The van der Waals surface area contributed by atoms with Gasteiger partial charge in [-0.2, -0.15) is 0 Å². The molecule has 20 heavy (non-hydrogen) atoms. The molecule has 1 saturated heterocycles. The van der Waals surface area contributed by atoms with Gasteiger partial charge in [0.2, 0.25) is 0 Å². The van der Waals surface area contributed by atoms with E-state index in [1.165, 1.54) is 17.4 Å². The van der Waals surface area contributed by atoms with Gasteiger partial charge in [-0.25, -0.2) is 4.39 Å². The van der Waals surface area contributed by atoms with Crippen molar-refractivity contribution < 1.29 is 13.9 Å². The summed E-state index contributed by atoms with van der Waals surface area (Å²) >= 11 is 1.31. The van der Waals surface area contributed by atoms with Crippen molar-refractivity contribution in [3.8, 4) is 0 Å². The second-order valence-electron chi connectivity index (χ2n) is 5.08. The maximum absolute atomic E-state index is 13.6. The van der Waals surface area contributed by atoms with Gasteiger partial charge in [0.25, 0.3) is 5.91 Å². The Kier molecular flexibility index (Phi) is 3.72. The van der Waals surface area contributed by atoms with Gasteiger partial charge >= 0.3 is 0 Å². The summed E-state index contributed by atoms with van der Waals surface area (Å²) in [6.07, 6.45) is 2.10. The Morgan fingerprint density at radius 1 is 1.55 bits per heavy atom. The summed E-state index contributed by atoms with van der Waals surface area (Å²) in [7, 11) is 0. The fraction of sp³-hybridized carbons (Fsp3) is 0.400. The zero-order valence-corrected chi connectivity index (χ0v) is 12.0. The van der Waals surface area contributed by atoms with Crippen LogP contribution in [0.3, 0.4) is 0 Å². The number of thiophene rings is 1. The smallest absolute Gasteiger partial charge is 0.261 e. The Hall–Kier alpha value is -1.46. The molecule has 1 N–H and O–H groups in total. The molecule has 5 heteroatoms. The van der Waals surface area contributed by atoms with E-state index in [9.17, 15) is 9.18 Å². The highest BCUT2D eigenvalue weighted by Gasteiger charge is 2.24. The summed E-state index contributed by atoms with van der Waals surface area (Å²) in [5.41, 5.74) is 0. The topological polar surface area (TPSA) is 38.3 Å². The van der Waals surface area contributed by atoms with Crippen molar-refractivity contribution in [1.29, 1.82) is 0 Å². The molecule has 0 aliphatic carbocycles. The van der Waals surface area contributed by atoms with Gasteiger partial charge in [0, 0.05) is 16.7 Å². The number of hydrogen-bond donors (Lipinski definition) is 1. The molecule has 3 nitrogen and oxygen atoms in total. The molecule has 0 saturated carbocycles. The lowest BCUT2D eigenvalue weighted by atomic mass is 10.1. The Balaban J connectivity index is 1.76. The molecule has 0 bridgehead atoms. The van der Waals surface area contributed by atoms with Crippen LogP contribution in [-0.2, 0) is 4.74 Å². The highest BCUT2D eigenvalue weighted by atomic mass is 32.1. The first kappa shape index (κ1) is 13.5. The van der Waals surface area contributed by atoms with Crippen molar-refractivity contribution in [3.05, 3.63) is 35.0 Å². The second kappa shape index (κ2) is 5.50. The summed E-state index contributed by atoms with van der Waals surface area (Å²) in [6, 6.07) is 6.48. The molecule has 2 aromatic rings. The van der Waals surface area contributed by atoms with Crippen LogP contribution in [0.25, 0.3) is 10.1 Å². The van der Waals surface area contributed by atoms with Crippen molar-refractivity contribution in [2.45, 2.75) is 31.9 Å². The van der Waals surface area contributed by atoms with Gasteiger partial charge in [0.1, 0.15) is 5.82 Å². The predicted octanol–water partition coefficient (Wildman–Crippen LogP) is 3.34. The van der Waals surface area contributed by atoms with E-state index in [-0.39, 0.29) is 23.9 Å². The van der Waals surface area contributed by atoms with Crippen LogP contribution < -0.4 is 5.32 Å². The molecule has 3 rings (SSSR count). The maximum atomic E-state index is 13.6. The number of benzene rings is 1. The van der Waals surface area contributed by atoms with E-state index < -0.39 is 0 Å². The van der Waals surface area contributed by atoms with E-state index in [0.717, 1.165) is 24.1 Å². The highest BCUT2D eigenvalue weighted by Crippen LogP contribution is 2.27. The first-order valence-electron chi connectivity index (χ1n) is 6.75. The number of fused-ring (bicyclic) bond motifs is 1. The molecule has 1 aromatic heterocycles. The van der Waals surface area contributed by atoms with E-state index in [2.05, 4.69) is 5.32 Å². The van der Waals surface area contributed by atoms with Gasteiger partial charge in [-0.05, 0) is 38.0 Å². The largest absolute Gasteiger partial charge is 0.376 e. The van der Waals surface area contributed by atoms with Crippen molar-refractivity contribution in [1.82, 2.24) is 5.32 Å². The fourth-order valence-corrected chi connectivity index (χ4v) is 3.48. The standard InChI is InChI=1S/C15H16FNO2S/c1-9(12-5-3-7-19-12)17-15(18)14-8-10-11(16)4-2-6-13(10)20-14/h2,4,6,8-9,12H,3,5,7H2,1H3,(H,17,18)/t9-,12+/m1/s1. The molecule has 0 unspecified atom stereocenters. The van der Waals surface area contributed by atoms with Gasteiger partial charge in [0.05, 0.1) is 17.0 Å². The molecular formula is C15H16FNO2S. The van der Waals surface area contributed by atoms with E-state index in [1.807, 2.05) is 13.0 Å². The van der Waals surface area contributed by atoms with Crippen LogP contribution in [0.15, 0.2) is 24.3 Å². The summed E-state index contributed by atoms with van der Waals surface area (Å²) in [4.78, 5) is 12.8. The molecule has 0 spiro atoms. The van der Waals surface area contributed by atoms with Crippen LogP contribution in [0.4, 0.5) is 4.39 Å². The fourth-order valence-electron chi connectivity index (χ4n) is 2.50. The van der Waals surface area contributed by atoms with E-state index in [0.29, 0.717) is 10.3 Å². The highest BCUT2D eigenvalue weighted by molar-refractivity contribution is 7.20. The second-order valence-corrected chi connectivity index (χ2v) is 6.16. The SMILES string of the molecule is C[C@@H](NC(=O)c1cc2c(F)cccc2s1)[C@@H]1CCCO1. The molecule has 1 fully saturated rings. The number of nitrogens with one attached hydrogen (secondary N) is 1. The number of ether oxygens (including phenoxy) is 1. The lowest BCUT2D eigenvalue weighted by Crippen LogP contribution is -2.40. The number of halogens is 1. The average molecular weight is 293 g/mol. The van der Waals surface area contributed by atoms with Crippen LogP contribution in [-0.4, -0.2) is 24.7 Å². The summed E-state index contributed by atoms with van der Waals surface area (Å²) in [5, 5.41) is 3.45. The molecule has 106 valence electrons. The normalized spacial score (nSPS) is 20.2. The summed E-state index contributed by atoms with van der Waals surface area (Å²) in [5.74, 6) is -0.446. The van der Waals surface area contributed by atoms with E-state index in [1.54, 1.807) is 12.1 Å². The van der Waals surface area contributed by atoms with Crippen LogP contribution in [0.1, 0.15) is 29.4 Å². The van der Waals surface area contributed by atoms with Crippen molar-refractivity contribution in [3.63, 3.8) is 0 Å². The van der Waals surface area contributed by atoms with Crippen LogP contribution in [0.5, 0.6) is 0 Å². The number of hydrogen-bond acceptors (Lipinski definition) is 3. The Labute approximate surface area is 120 Å². The van der Waals surface area contributed by atoms with Crippen molar-refractivity contribution in [2.75, 3.05) is 6.61 Å². The lowest BCUT2D eigenvalue weighted by molar-refractivity contribution is 0.0714. The van der Waals surface area contributed by atoms with E-state index in [4.69, 9.17) is 4.74 Å². The molecule has 1 aromatic carbocycles. The Morgan fingerprint density at radius 2 is 2.40 bits per heavy atom. The molecular weight excluding hydrogens is 277 g/mol. The first-order valence-corrected chi connectivity index (χ1v) is 7.57. The van der Waals surface area contributed by atoms with Crippen LogP contribution >= 0.6 is 11.3 Å². The zero-order valence-electron chi connectivity index (χ0n) is 11.2. The average Bonchev–Trinajstić information content (AvgIpc) is 3.08. The van der Waals surface area contributed by atoms with Crippen molar-refractivity contribution >= 4 is 27.3 Å². The predicted molar refractivity (Wildman–Crippen MR) is 77.7 cm³/mol. The van der Waals surface area contributed by atoms with Gasteiger partial charge < -0.3 is 10.1 Å². The van der Waals surface area contributed by atoms with Crippen LogP contribution in [0.2, 0.25) is 0 Å². The third kappa shape index (κ3) is 2.55. The Bertz CT molecular complexity index is 634. The number of rotatable bonds is 3. The minimum absolute atomic E-state index is 0.0277. The monoisotopic (exact) mass is 293 g/mol. The van der Waals surface area contributed by atoms with Crippen LogP contribution in [0, 0.1) is 5.82 Å². The lowest BCUT2D eigenvalue weighted by Gasteiger charge is -2.19. The maximum Gasteiger partial charge on any atom is 0.261 e.